The number of aromatic hydroxyl groups is 2. The quantitative estimate of drug-likeness (QED) is 0.721. The molecule has 128 valence electrons. The first-order valence-electron chi connectivity index (χ1n) is 8.50. The zero-order chi connectivity index (χ0) is 17.4. The minimum Gasteiger partial charge on any atom is -0.508 e. The van der Waals surface area contributed by atoms with Crippen molar-refractivity contribution in [2.24, 2.45) is 5.92 Å². The summed E-state index contributed by atoms with van der Waals surface area (Å²) in [4.78, 5) is 0. The van der Waals surface area contributed by atoms with E-state index in [1.807, 2.05) is 12.1 Å². The van der Waals surface area contributed by atoms with Crippen LogP contribution in [0.2, 0.25) is 0 Å². The van der Waals surface area contributed by atoms with Crippen LogP contribution in [0.1, 0.15) is 29.5 Å². The van der Waals surface area contributed by atoms with Crippen LogP contribution >= 0.6 is 0 Å². The molecule has 1 aliphatic heterocycles. The Morgan fingerprint density at radius 2 is 2.08 bits per heavy atom. The predicted molar refractivity (Wildman–Crippen MR) is 98.3 cm³/mol. The fraction of sp³-hybridized carbons (Fsp3) is 0.238. The first-order valence-corrected chi connectivity index (χ1v) is 8.50. The van der Waals surface area contributed by atoms with E-state index in [1.54, 1.807) is 18.2 Å². The number of benzene rings is 2. The molecule has 0 spiro atoms. The Kier molecular flexibility index (Phi) is 3.88. The lowest BCUT2D eigenvalue weighted by Gasteiger charge is -2.38. The average molecular weight is 335 g/mol. The third kappa shape index (κ3) is 2.64. The van der Waals surface area contributed by atoms with Crippen molar-refractivity contribution >= 4 is 5.69 Å². The molecule has 1 aliphatic carbocycles. The predicted octanol–water partition coefficient (Wildman–Crippen LogP) is 4.49. The van der Waals surface area contributed by atoms with Crippen LogP contribution in [0.25, 0.3) is 0 Å². The second kappa shape index (κ2) is 6.20. The van der Waals surface area contributed by atoms with Crippen LogP contribution in [0.15, 0.2) is 61.2 Å². The molecule has 25 heavy (non-hydrogen) atoms. The summed E-state index contributed by atoms with van der Waals surface area (Å²) in [6.45, 7) is 4.15. The Bertz CT molecular complexity index is 843. The van der Waals surface area contributed by atoms with E-state index in [1.165, 1.54) is 11.6 Å². The van der Waals surface area contributed by atoms with Crippen molar-refractivity contribution in [2.45, 2.75) is 18.4 Å². The molecule has 0 fully saturated rings. The van der Waals surface area contributed by atoms with Crippen molar-refractivity contribution < 1.29 is 14.9 Å². The van der Waals surface area contributed by atoms with E-state index in [-0.39, 0.29) is 23.5 Å². The van der Waals surface area contributed by atoms with Gasteiger partial charge in [0, 0.05) is 17.5 Å². The monoisotopic (exact) mass is 335 g/mol. The van der Waals surface area contributed by atoms with Crippen LogP contribution in [-0.2, 0) is 0 Å². The van der Waals surface area contributed by atoms with Gasteiger partial charge in [0.2, 0.25) is 0 Å². The molecule has 2 aromatic rings. The Labute approximate surface area is 147 Å². The fourth-order valence-corrected chi connectivity index (χ4v) is 3.96. The molecule has 3 unspecified atom stereocenters. The molecule has 0 bridgehead atoms. The van der Waals surface area contributed by atoms with E-state index in [0.717, 1.165) is 23.4 Å². The second-order valence-corrected chi connectivity index (χ2v) is 6.54. The van der Waals surface area contributed by atoms with E-state index in [9.17, 15) is 10.2 Å². The lowest BCUT2D eigenvalue weighted by Crippen LogP contribution is -2.29. The molecule has 1 heterocycles. The van der Waals surface area contributed by atoms with Crippen molar-refractivity contribution in [1.82, 2.24) is 0 Å². The first-order chi connectivity index (χ1) is 12.2. The van der Waals surface area contributed by atoms with Gasteiger partial charge in [-0.05, 0) is 36.1 Å². The largest absolute Gasteiger partial charge is 0.508 e. The molecule has 3 N–H and O–H groups in total. The van der Waals surface area contributed by atoms with Crippen molar-refractivity contribution in [3.63, 3.8) is 0 Å². The van der Waals surface area contributed by atoms with E-state index in [2.05, 4.69) is 30.1 Å². The van der Waals surface area contributed by atoms with Gasteiger partial charge in [-0.3, -0.25) is 0 Å². The van der Waals surface area contributed by atoms with Crippen LogP contribution in [0, 0.1) is 5.92 Å². The number of phenols is 2. The Hall–Kier alpha value is -2.88. The molecule has 2 aliphatic rings. The number of ether oxygens (including phenoxy) is 1. The number of phenolic OH excluding ortho intramolecular Hbond substituents is 2. The van der Waals surface area contributed by atoms with Gasteiger partial charge in [-0.15, -0.1) is 0 Å². The Morgan fingerprint density at radius 1 is 1.20 bits per heavy atom. The van der Waals surface area contributed by atoms with Crippen LogP contribution in [0.3, 0.4) is 0 Å². The number of para-hydroxylation sites is 1. The summed E-state index contributed by atoms with van der Waals surface area (Å²) in [6.07, 6.45) is 7.11. The van der Waals surface area contributed by atoms with Gasteiger partial charge in [0.1, 0.15) is 23.9 Å². The highest BCUT2D eigenvalue weighted by Gasteiger charge is 2.39. The van der Waals surface area contributed by atoms with Gasteiger partial charge >= 0.3 is 0 Å². The number of allylic oxidation sites excluding steroid dienone is 2. The average Bonchev–Trinajstić information content (AvgIpc) is 3.09. The minimum atomic E-state index is -0.0541. The number of nitrogens with one attached hydrogen (secondary N) is 1. The van der Waals surface area contributed by atoms with Crippen LogP contribution in [0.4, 0.5) is 5.69 Å². The first kappa shape index (κ1) is 15.6. The summed E-state index contributed by atoms with van der Waals surface area (Å²) < 4.78 is 5.83. The van der Waals surface area contributed by atoms with E-state index >= 15 is 0 Å². The number of rotatable bonds is 4. The normalized spacial score (nSPS) is 23.4. The number of hydrogen-bond acceptors (Lipinski definition) is 4. The molecule has 0 amide bonds. The SMILES string of the molecule is C=CCOc1cccc2c1NC(c1ccc(O)cc1O)C1CC=CC21. The third-order valence-corrected chi connectivity index (χ3v) is 5.06. The standard InChI is InChI=1S/C21H21NO3/c1-2-11-25-19-8-4-7-16-14-5-3-6-15(14)20(22-21(16)19)17-10-9-13(23)12-18(17)24/h2-5,7-10,12,14-15,20,22-24H,1,6,11H2. The fourth-order valence-electron chi connectivity index (χ4n) is 3.96. The molecular formula is C21H21NO3. The molecule has 0 saturated carbocycles. The topological polar surface area (TPSA) is 61.7 Å². The van der Waals surface area contributed by atoms with Crippen molar-refractivity contribution in [1.29, 1.82) is 0 Å². The highest BCUT2D eigenvalue weighted by atomic mass is 16.5. The van der Waals surface area contributed by atoms with Crippen LogP contribution < -0.4 is 10.1 Å². The van der Waals surface area contributed by atoms with Crippen molar-refractivity contribution in [3.05, 3.63) is 72.3 Å². The summed E-state index contributed by atoms with van der Waals surface area (Å²) in [5.74, 6) is 1.56. The molecule has 4 heteroatoms. The van der Waals surface area contributed by atoms with E-state index < -0.39 is 0 Å². The zero-order valence-electron chi connectivity index (χ0n) is 13.9. The molecule has 3 atom stereocenters. The van der Waals surface area contributed by atoms with Gasteiger partial charge < -0.3 is 20.3 Å². The summed E-state index contributed by atoms with van der Waals surface area (Å²) in [6, 6.07) is 10.8. The van der Waals surface area contributed by atoms with Gasteiger partial charge in [0.15, 0.2) is 0 Å². The van der Waals surface area contributed by atoms with E-state index in [0.29, 0.717) is 12.5 Å². The molecule has 4 nitrogen and oxygen atoms in total. The molecular weight excluding hydrogens is 314 g/mol. The smallest absolute Gasteiger partial charge is 0.143 e. The van der Waals surface area contributed by atoms with Crippen molar-refractivity contribution in [3.8, 4) is 17.2 Å². The van der Waals surface area contributed by atoms with Gasteiger partial charge in [-0.25, -0.2) is 0 Å². The summed E-state index contributed by atoms with van der Waals surface area (Å²) in [5, 5.41) is 23.5. The maximum Gasteiger partial charge on any atom is 0.143 e. The van der Waals surface area contributed by atoms with Crippen LogP contribution in [0.5, 0.6) is 17.2 Å². The third-order valence-electron chi connectivity index (χ3n) is 5.06. The maximum atomic E-state index is 10.4. The minimum absolute atomic E-state index is 0.0541. The molecule has 2 aromatic carbocycles. The van der Waals surface area contributed by atoms with Gasteiger partial charge in [0.25, 0.3) is 0 Å². The second-order valence-electron chi connectivity index (χ2n) is 6.54. The number of anilines is 1. The van der Waals surface area contributed by atoms with Gasteiger partial charge in [-0.2, -0.15) is 0 Å². The number of fused-ring (bicyclic) bond motifs is 3. The van der Waals surface area contributed by atoms with E-state index in [4.69, 9.17) is 4.74 Å². The Balaban J connectivity index is 1.79. The molecule has 0 radical (unpaired) electrons. The maximum absolute atomic E-state index is 10.4. The Morgan fingerprint density at radius 3 is 2.88 bits per heavy atom. The molecule has 4 rings (SSSR count). The van der Waals surface area contributed by atoms with Gasteiger partial charge in [0.05, 0.1) is 11.7 Å². The number of hydrogen-bond donors (Lipinski definition) is 3. The lowest BCUT2D eigenvalue weighted by molar-refractivity contribution is 0.356. The summed E-state index contributed by atoms with van der Waals surface area (Å²) in [7, 11) is 0. The highest BCUT2D eigenvalue weighted by Crippen LogP contribution is 2.53. The summed E-state index contributed by atoms with van der Waals surface area (Å²) >= 11 is 0. The van der Waals surface area contributed by atoms with Crippen molar-refractivity contribution in [2.75, 3.05) is 11.9 Å². The van der Waals surface area contributed by atoms with Crippen LogP contribution in [-0.4, -0.2) is 16.8 Å². The molecule has 0 saturated heterocycles. The highest BCUT2D eigenvalue weighted by molar-refractivity contribution is 5.68. The van der Waals surface area contributed by atoms with Gasteiger partial charge in [-0.1, -0.05) is 36.9 Å². The molecule has 0 aromatic heterocycles. The summed E-state index contributed by atoms with van der Waals surface area (Å²) in [5.41, 5.74) is 2.98. The zero-order valence-corrected chi connectivity index (χ0v) is 13.9. The lowest BCUT2D eigenvalue weighted by atomic mass is 9.76.